The van der Waals surface area contributed by atoms with Crippen LogP contribution in [0.5, 0.6) is 0 Å². The molecule has 0 aliphatic heterocycles. The highest BCUT2D eigenvalue weighted by molar-refractivity contribution is 6.34. The number of Topliss-reactive ketones (excluding diaryl/α,β-unsaturated/α-hetero) is 1. The summed E-state index contributed by atoms with van der Waals surface area (Å²) in [7, 11) is 0. The molecule has 104 valence electrons. The fourth-order valence-electron chi connectivity index (χ4n) is 1.74. The van der Waals surface area contributed by atoms with Crippen LogP contribution in [0.1, 0.15) is 49.4 Å². The molecule has 0 saturated carbocycles. The van der Waals surface area contributed by atoms with Crippen LogP contribution in [0.3, 0.4) is 0 Å². The summed E-state index contributed by atoms with van der Waals surface area (Å²) in [6, 6.07) is 6.91. The molecule has 0 aromatic heterocycles. The van der Waals surface area contributed by atoms with Crippen molar-refractivity contribution in [3.05, 3.63) is 34.9 Å². The van der Waals surface area contributed by atoms with E-state index >= 15 is 0 Å². The fourth-order valence-corrected chi connectivity index (χ4v) is 1.98. The summed E-state index contributed by atoms with van der Waals surface area (Å²) in [4.78, 5) is 23.4. The van der Waals surface area contributed by atoms with E-state index < -0.39 is 0 Å². The molecule has 0 spiro atoms. The molecule has 0 atom stereocenters. The molecule has 0 unspecified atom stereocenters. The van der Waals surface area contributed by atoms with Gasteiger partial charge in [-0.15, -0.1) is 0 Å². The molecule has 19 heavy (non-hydrogen) atoms. The van der Waals surface area contributed by atoms with Gasteiger partial charge in [0, 0.05) is 24.9 Å². The Bertz CT molecular complexity index is 432. The van der Waals surface area contributed by atoms with E-state index in [1.165, 1.54) is 0 Å². The number of ketones is 1. The molecule has 4 heteroatoms. The monoisotopic (exact) mass is 281 g/mol. The number of hydrogen-bond acceptors (Lipinski definition) is 2. The van der Waals surface area contributed by atoms with Crippen LogP contribution in [0, 0.1) is 0 Å². The van der Waals surface area contributed by atoms with Gasteiger partial charge in [0.1, 0.15) is 0 Å². The molecule has 0 heterocycles. The smallest absolute Gasteiger partial charge is 0.220 e. The molecule has 1 N–H and O–H groups in total. The zero-order valence-corrected chi connectivity index (χ0v) is 12.0. The van der Waals surface area contributed by atoms with Crippen LogP contribution in [0.4, 0.5) is 0 Å². The zero-order chi connectivity index (χ0) is 14.1. The third kappa shape index (κ3) is 5.88. The van der Waals surface area contributed by atoms with E-state index in [-0.39, 0.29) is 24.5 Å². The highest BCUT2D eigenvalue weighted by Gasteiger charge is 2.11. The number of rotatable bonds is 8. The van der Waals surface area contributed by atoms with Crippen molar-refractivity contribution in [3.8, 4) is 0 Å². The van der Waals surface area contributed by atoms with Gasteiger partial charge in [0.2, 0.25) is 5.91 Å². The summed E-state index contributed by atoms with van der Waals surface area (Å²) >= 11 is 5.93. The first-order chi connectivity index (χ1) is 9.15. The molecule has 0 saturated heterocycles. The summed E-state index contributed by atoms with van der Waals surface area (Å²) in [5.41, 5.74) is 0.489. The van der Waals surface area contributed by atoms with Gasteiger partial charge in [0.25, 0.3) is 0 Å². The molecule has 0 bridgehead atoms. The van der Waals surface area contributed by atoms with Crippen molar-refractivity contribution >= 4 is 23.3 Å². The molecule has 1 aromatic carbocycles. The van der Waals surface area contributed by atoms with Crippen molar-refractivity contribution in [3.63, 3.8) is 0 Å². The number of nitrogens with one attached hydrogen (secondary N) is 1. The second-order valence-corrected chi connectivity index (χ2v) is 4.87. The Kier molecular flexibility index (Phi) is 7.19. The topological polar surface area (TPSA) is 46.2 Å². The lowest BCUT2D eigenvalue weighted by Gasteiger charge is -2.05. The van der Waals surface area contributed by atoms with Gasteiger partial charge in [-0.05, 0) is 18.6 Å². The summed E-state index contributed by atoms with van der Waals surface area (Å²) < 4.78 is 0. The second kappa shape index (κ2) is 8.70. The van der Waals surface area contributed by atoms with Crippen molar-refractivity contribution in [1.29, 1.82) is 0 Å². The molecule has 0 aliphatic rings. The van der Waals surface area contributed by atoms with Gasteiger partial charge in [-0.25, -0.2) is 0 Å². The van der Waals surface area contributed by atoms with Gasteiger partial charge in [-0.2, -0.15) is 0 Å². The van der Waals surface area contributed by atoms with Crippen molar-refractivity contribution < 1.29 is 9.59 Å². The minimum Gasteiger partial charge on any atom is -0.356 e. The van der Waals surface area contributed by atoms with Crippen molar-refractivity contribution in [2.75, 3.05) is 6.54 Å². The van der Waals surface area contributed by atoms with Crippen LogP contribution in [0.15, 0.2) is 24.3 Å². The summed E-state index contributed by atoms with van der Waals surface area (Å²) in [6.07, 6.45) is 3.64. The normalized spacial score (nSPS) is 10.2. The van der Waals surface area contributed by atoms with E-state index in [2.05, 4.69) is 12.2 Å². The third-order valence-electron chi connectivity index (χ3n) is 2.86. The number of carbonyl (C=O) groups is 2. The maximum atomic E-state index is 11.9. The standard InChI is InChI=1S/C15H20ClNO2/c1-2-3-6-11-17-15(19)10-9-14(18)12-7-4-5-8-13(12)16/h4-5,7-8H,2-3,6,9-11H2,1H3,(H,17,19). The predicted octanol–water partition coefficient (Wildman–Crippen LogP) is 3.61. The van der Waals surface area contributed by atoms with Gasteiger partial charge < -0.3 is 5.32 Å². The first-order valence-corrected chi connectivity index (χ1v) is 7.07. The Labute approximate surface area is 119 Å². The van der Waals surface area contributed by atoms with Crippen LogP contribution in [-0.4, -0.2) is 18.2 Å². The van der Waals surface area contributed by atoms with E-state index in [0.717, 1.165) is 19.3 Å². The van der Waals surface area contributed by atoms with Gasteiger partial charge in [0.05, 0.1) is 5.02 Å². The zero-order valence-electron chi connectivity index (χ0n) is 11.2. The molecule has 3 nitrogen and oxygen atoms in total. The lowest BCUT2D eigenvalue weighted by Crippen LogP contribution is -2.24. The number of halogens is 1. The van der Waals surface area contributed by atoms with E-state index in [4.69, 9.17) is 11.6 Å². The van der Waals surface area contributed by atoms with Crippen LogP contribution < -0.4 is 5.32 Å². The Balaban J connectivity index is 2.30. The van der Waals surface area contributed by atoms with E-state index in [0.29, 0.717) is 17.1 Å². The first-order valence-electron chi connectivity index (χ1n) is 6.69. The minimum absolute atomic E-state index is 0.0727. The maximum absolute atomic E-state index is 11.9. The molecular weight excluding hydrogens is 262 g/mol. The molecular formula is C15H20ClNO2. The molecule has 1 rings (SSSR count). The summed E-state index contributed by atoms with van der Waals surface area (Å²) in [6.45, 7) is 2.80. The van der Waals surface area contributed by atoms with Crippen LogP contribution in [0.25, 0.3) is 0 Å². The lowest BCUT2D eigenvalue weighted by atomic mass is 10.1. The van der Waals surface area contributed by atoms with Crippen molar-refractivity contribution in [2.45, 2.75) is 39.0 Å². The average Bonchev–Trinajstić information content (AvgIpc) is 2.41. The number of hydrogen-bond donors (Lipinski definition) is 1. The molecule has 0 radical (unpaired) electrons. The first kappa shape index (κ1) is 15.7. The summed E-state index contributed by atoms with van der Waals surface area (Å²) in [5, 5.41) is 3.26. The van der Waals surface area contributed by atoms with E-state index in [9.17, 15) is 9.59 Å². The largest absolute Gasteiger partial charge is 0.356 e. The maximum Gasteiger partial charge on any atom is 0.220 e. The fraction of sp³-hybridized carbons (Fsp3) is 0.467. The Morgan fingerprint density at radius 3 is 2.58 bits per heavy atom. The lowest BCUT2D eigenvalue weighted by molar-refractivity contribution is -0.121. The minimum atomic E-state index is -0.0886. The van der Waals surface area contributed by atoms with Crippen LogP contribution >= 0.6 is 11.6 Å². The number of amides is 1. The number of benzene rings is 1. The van der Waals surface area contributed by atoms with Crippen molar-refractivity contribution in [2.24, 2.45) is 0 Å². The van der Waals surface area contributed by atoms with Gasteiger partial charge in [-0.3, -0.25) is 9.59 Å². The third-order valence-corrected chi connectivity index (χ3v) is 3.19. The van der Waals surface area contributed by atoms with Gasteiger partial charge in [-0.1, -0.05) is 43.5 Å². The quantitative estimate of drug-likeness (QED) is 0.584. The van der Waals surface area contributed by atoms with E-state index in [1.807, 2.05) is 0 Å². The summed E-state index contributed by atoms with van der Waals surface area (Å²) in [5.74, 6) is -0.161. The van der Waals surface area contributed by atoms with Gasteiger partial charge >= 0.3 is 0 Å². The number of unbranched alkanes of at least 4 members (excludes halogenated alkanes) is 2. The molecule has 0 fully saturated rings. The molecule has 1 amide bonds. The average molecular weight is 282 g/mol. The Hall–Kier alpha value is -1.35. The Morgan fingerprint density at radius 2 is 1.89 bits per heavy atom. The second-order valence-electron chi connectivity index (χ2n) is 4.46. The molecule has 1 aromatic rings. The van der Waals surface area contributed by atoms with Crippen molar-refractivity contribution in [1.82, 2.24) is 5.32 Å². The Morgan fingerprint density at radius 1 is 1.16 bits per heavy atom. The highest BCUT2D eigenvalue weighted by atomic mass is 35.5. The molecule has 0 aliphatic carbocycles. The predicted molar refractivity (Wildman–Crippen MR) is 77.6 cm³/mol. The van der Waals surface area contributed by atoms with Crippen LogP contribution in [-0.2, 0) is 4.79 Å². The van der Waals surface area contributed by atoms with E-state index in [1.54, 1.807) is 24.3 Å². The van der Waals surface area contributed by atoms with Gasteiger partial charge in [0.15, 0.2) is 5.78 Å². The van der Waals surface area contributed by atoms with Crippen LogP contribution in [0.2, 0.25) is 5.02 Å². The highest BCUT2D eigenvalue weighted by Crippen LogP contribution is 2.17. The number of carbonyl (C=O) groups excluding carboxylic acids is 2. The SMILES string of the molecule is CCCCCNC(=O)CCC(=O)c1ccccc1Cl.